The molecule has 1 aliphatic heterocycles. The molecule has 1 nitrogen and oxygen atoms in total. The first-order valence-electron chi connectivity index (χ1n) is 3.55. The van der Waals surface area contributed by atoms with Crippen molar-refractivity contribution in [3.63, 3.8) is 0 Å². The van der Waals surface area contributed by atoms with Gasteiger partial charge in [-0.05, 0) is 18.6 Å². The van der Waals surface area contributed by atoms with Gasteiger partial charge < -0.3 is 5.32 Å². The van der Waals surface area contributed by atoms with Gasteiger partial charge in [-0.1, -0.05) is 11.8 Å². The molecule has 0 radical (unpaired) electrons. The van der Waals surface area contributed by atoms with E-state index in [-0.39, 0.29) is 0 Å². The van der Waals surface area contributed by atoms with Crippen LogP contribution in [0.2, 0.25) is 0 Å². The zero-order chi connectivity index (χ0) is 8.72. The fourth-order valence-corrected chi connectivity index (χ4v) is 2.07. The second-order valence-corrected chi connectivity index (χ2v) is 3.65. The summed E-state index contributed by atoms with van der Waals surface area (Å²) in [6, 6.07) is 1.63. The van der Waals surface area contributed by atoms with E-state index in [2.05, 4.69) is 5.32 Å². The third kappa shape index (κ3) is 0.982. The van der Waals surface area contributed by atoms with Gasteiger partial charge in [0, 0.05) is 0 Å². The molecule has 0 amide bonds. The van der Waals surface area contributed by atoms with Crippen LogP contribution in [0.4, 0.5) is 14.5 Å². The predicted octanol–water partition coefficient (Wildman–Crippen LogP) is 2.75. The lowest BCUT2D eigenvalue weighted by atomic mass is 10.2. The largest absolute Gasteiger partial charge is 0.375 e. The fraction of sp³-hybridized carbons (Fsp3) is 0.250. The molecule has 0 saturated heterocycles. The van der Waals surface area contributed by atoms with Crippen LogP contribution in [0.1, 0.15) is 5.56 Å². The molecular weight excluding hydrogens is 180 g/mol. The lowest BCUT2D eigenvalue weighted by molar-refractivity contribution is 0.488. The van der Waals surface area contributed by atoms with Crippen molar-refractivity contribution in [2.24, 2.45) is 0 Å². The van der Waals surface area contributed by atoms with Gasteiger partial charge in [-0.3, -0.25) is 0 Å². The third-order valence-electron chi connectivity index (χ3n) is 1.82. The summed E-state index contributed by atoms with van der Waals surface area (Å²) < 4.78 is 26.1. The molecule has 0 aliphatic carbocycles. The van der Waals surface area contributed by atoms with Crippen LogP contribution in [0.25, 0.3) is 0 Å². The Balaban J connectivity index is 2.67. The van der Waals surface area contributed by atoms with Crippen molar-refractivity contribution in [1.82, 2.24) is 0 Å². The minimum Gasteiger partial charge on any atom is -0.375 e. The van der Waals surface area contributed by atoms with Gasteiger partial charge in [-0.2, -0.15) is 0 Å². The van der Waals surface area contributed by atoms with Crippen LogP contribution in [0, 0.1) is 18.6 Å². The SMILES string of the molecule is Cc1cc2c(c(F)c1F)SCN2. The number of thioether (sulfide) groups is 1. The summed E-state index contributed by atoms with van der Waals surface area (Å²) in [5.74, 6) is -0.834. The smallest absolute Gasteiger partial charge is 0.174 e. The number of nitrogens with one attached hydrogen (secondary N) is 1. The number of hydrogen-bond acceptors (Lipinski definition) is 2. The first-order valence-corrected chi connectivity index (χ1v) is 4.54. The molecule has 1 aliphatic rings. The zero-order valence-corrected chi connectivity index (χ0v) is 7.27. The van der Waals surface area contributed by atoms with Gasteiger partial charge in [0.25, 0.3) is 0 Å². The Morgan fingerprint density at radius 1 is 1.42 bits per heavy atom. The van der Waals surface area contributed by atoms with Gasteiger partial charge in [0.05, 0.1) is 16.5 Å². The molecule has 2 rings (SSSR count). The van der Waals surface area contributed by atoms with Gasteiger partial charge in [-0.15, -0.1) is 0 Å². The van der Waals surface area contributed by atoms with Crippen LogP contribution in [-0.4, -0.2) is 5.88 Å². The normalized spacial score (nSPS) is 14.2. The van der Waals surface area contributed by atoms with E-state index in [1.807, 2.05) is 0 Å². The standard InChI is InChI=1S/C8H7F2NS/c1-4-2-5-8(12-3-11-5)7(10)6(4)9/h2,11H,3H2,1H3. The Labute approximate surface area is 73.2 Å². The minimum absolute atomic E-state index is 0.348. The molecule has 12 heavy (non-hydrogen) atoms. The van der Waals surface area contributed by atoms with E-state index in [0.717, 1.165) is 0 Å². The zero-order valence-electron chi connectivity index (χ0n) is 6.45. The molecule has 0 fully saturated rings. The lowest BCUT2D eigenvalue weighted by Gasteiger charge is -2.03. The molecule has 1 aromatic carbocycles. The van der Waals surface area contributed by atoms with Gasteiger partial charge >= 0.3 is 0 Å². The van der Waals surface area contributed by atoms with E-state index in [0.29, 0.717) is 22.0 Å². The summed E-state index contributed by atoms with van der Waals surface area (Å²) in [5.41, 5.74) is 1.05. The summed E-state index contributed by atoms with van der Waals surface area (Å²) in [6.07, 6.45) is 0. The maximum atomic E-state index is 13.1. The van der Waals surface area contributed by atoms with Gasteiger partial charge in [0.15, 0.2) is 11.6 Å². The highest BCUT2D eigenvalue weighted by Gasteiger charge is 2.20. The average molecular weight is 187 g/mol. The number of rotatable bonds is 0. The topological polar surface area (TPSA) is 12.0 Å². The van der Waals surface area contributed by atoms with Crippen LogP contribution >= 0.6 is 11.8 Å². The fourth-order valence-electron chi connectivity index (χ4n) is 1.19. The summed E-state index contributed by atoms with van der Waals surface area (Å²) in [5, 5.41) is 2.97. The first-order chi connectivity index (χ1) is 5.70. The highest BCUT2D eigenvalue weighted by atomic mass is 32.2. The van der Waals surface area contributed by atoms with Crippen LogP contribution in [0.15, 0.2) is 11.0 Å². The van der Waals surface area contributed by atoms with Gasteiger partial charge in [0.1, 0.15) is 0 Å². The second kappa shape index (κ2) is 2.62. The summed E-state index contributed by atoms with van der Waals surface area (Å²) >= 11 is 1.29. The summed E-state index contributed by atoms with van der Waals surface area (Å²) in [4.78, 5) is 0.401. The molecule has 1 aromatic rings. The van der Waals surface area contributed by atoms with Crippen molar-refractivity contribution in [2.75, 3.05) is 11.2 Å². The van der Waals surface area contributed by atoms with Crippen molar-refractivity contribution in [2.45, 2.75) is 11.8 Å². The van der Waals surface area contributed by atoms with Crippen molar-refractivity contribution >= 4 is 17.4 Å². The Bertz CT molecular complexity index is 338. The van der Waals surface area contributed by atoms with E-state index in [4.69, 9.17) is 0 Å². The van der Waals surface area contributed by atoms with Gasteiger partial charge in [-0.25, -0.2) is 8.78 Å². The monoisotopic (exact) mass is 187 g/mol. The molecule has 0 unspecified atom stereocenters. The van der Waals surface area contributed by atoms with Crippen molar-refractivity contribution in [3.8, 4) is 0 Å². The van der Waals surface area contributed by atoms with Crippen LogP contribution in [0.5, 0.6) is 0 Å². The van der Waals surface area contributed by atoms with E-state index in [1.54, 1.807) is 13.0 Å². The van der Waals surface area contributed by atoms with Crippen molar-refractivity contribution in [1.29, 1.82) is 0 Å². The number of aryl methyl sites for hydroxylation is 1. The molecule has 0 saturated carbocycles. The molecule has 0 spiro atoms. The summed E-state index contributed by atoms with van der Waals surface area (Å²) in [7, 11) is 0. The second-order valence-electron chi connectivity index (χ2n) is 2.66. The Morgan fingerprint density at radius 3 is 2.92 bits per heavy atom. The first kappa shape index (κ1) is 7.86. The lowest BCUT2D eigenvalue weighted by Crippen LogP contribution is -1.94. The Morgan fingerprint density at radius 2 is 2.17 bits per heavy atom. The minimum atomic E-state index is -0.732. The quantitative estimate of drug-likeness (QED) is 0.670. The van der Waals surface area contributed by atoms with Crippen molar-refractivity contribution < 1.29 is 8.78 Å². The summed E-state index contributed by atoms with van der Waals surface area (Å²) in [6.45, 7) is 1.56. The predicted molar refractivity (Wildman–Crippen MR) is 45.4 cm³/mol. The van der Waals surface area contributed by atoms with Crippen LogP contribution in [-0.2, 0) is 0 Å². The van der Waals surface area contributed by atoms with Crippen molar-refractivity contribution in [3.05, 3.63) is 23.3 Å². The van der Waals surface area contributed by atoms with E-state index < -0.39 is 11.6 Å². The van der Waals surface area contributed by atoms with E-state index in [1.165, 1.54) is 11.8 Å². The van der Waals surface area contributed by atoms with E-state index in [9.17, 15) is 8.78 Å². The molecule has 1 N–H and O–H groups in total. The molecule has 0 aromatic heterocycles. The highest BCUT2D eigenvalue weighted by Crippen LogP contribution is 2.37. The number of halogens is 2. The number of hydrogen-bond donors (Lipinski definition) is 1. The van der Waals surface area contributed by atoms with Crippen LogP contribution in [0.3, 0.4) is 0 Å². The average Bonchev–Trinajstić information content (AvgIpc) is 2.48. The van der Waals surface area contributed by atoms with Gasteiger partial charge in [0.2, 0.25) is 0 Å². The molecular formula is C8H7F2NS. The third-order valence-corrected chi connectivity index (χ3v) is 2.80. The Kier molecular flexibility index (Phi) is 1.72. The molecule has 0 bridgehead atoms. The highest BCUT2D eigenvalue weighted by molar-refractivity contribution is 7.99. The van der Waals surface area contributed by atoms with E-state index >= 15 is 0 Å². The maximum Gasteiger partial charge on any atom is 0.174 e. The molecule has 0 atom stereocenters. The maximum absolute atomic E-state index is 13.1. The number of fused-ring (bicyclic) bond motifs is 1. The number of benzene rings is 1. The molecule has 64 valence electrons. The van der Waals surface area contributed by atoms with Crippen LogP contribution < -0.4 is 5.32 Å². The Hall–Kier alpha value is -0.770. The molecule has 4 heteroatoms. The molecule has 1 heterocycles. The number of anilines is 1.